The van der Waals surface area contributed by atoms with Crippen molar-refractivity contribution in [2.24, 2.45) is 5.73 Å². The third-order valence-corrected chi connectivity index (χ3v) is 5.86. The second-order valence-electron chi connectivity index (χ2n) is 7.72. The number of aryl methyl sites for hydroxylation is 1. The first kappa shape index (κ1) is 27.6. The Morgan fingerprint density at radius 1 is 1.22 bits per heavy atom. The molecule has 0 unspecified atom stereocenters. The summed E-state index contributed by atoms with van der Waals surface area (Å²) in [4.78, 5) is 8.44. The molecule has 0 aliphatic rings. The molecule has 0 saturated heterocycles. The standard InChI is InChI=1S/C18H19FN4O3.C7H8O3S/c1-24-17-13(3-2-6-21-17)10-22-18-23-15-5-4-14(7-16(15)26-18)25-11-12(8-19)9-20;1-6-2-4-7(5-3-6)11(8,9)10/h2-8H,9-11,20H2,1H3,(H,22,23);2-5H,1H3,(H,8,9,10)/b12-8-;. The third kappa shape index (κ3) is 8.00. The van der Waals surface area contributed by atoms with Gasteiger partial charge in [-0.2, -0.15) is 13.4 Å². The summed E-state index contributed by atoms with van der Waals surface area (Å²) in [6, 6.07) is 15.3. The average molecular weight is 531 g/mol. The molecule has 0 atom stereocenters. The van der Waals surface area contributed by atoms with Crippen molar-refractivity contribution in [2.75, 3.05) is 25.6 Å². The van der Waals surface area contributed by atoms with Crippen molar-refractivity contribution in [1.82, 2.24) is 9.97 Å². The van der Waals surface area contributed by atoms with Gasteiger partial charge in [-0.25, -0.2) is 9.37 Å². The number of nitrogens with two attached hydrogens (primary N) is 1. The van der Waals surface area contributed by atoms with Gasteiger partial charge in [0, 0.05) is 36.5 Å². The van der Waals surface area contributed by atoms with Crippen LogP contribution < -0.4 is 20.5 Å². The van der Waals surface area contributed by atoms with Gasteiger partial charge >= 0.3 is 0 Å². The molecule has 2 heterocycles. The predicted octanol–water partition coefficient (Wildman–Crippen LogP) is 4.28. The van der Waals surface area contributed by atoms with Crippen LogP contribution in [0.3, 0.4) is 0 Å². The van der Waals surface area contributed by atoms with Crippen LogP contribution in [0.4, 0.5) is 10.4 Å². The first-order valence-corrected chi connectivity index (χ1v) is 12.4. The van der Waals surface area contributed by atoms with Gasteiger partial charge in [0.05, 0.1) is 18.3 Å². The molecule has 4 aromatic rings. The van der Waals surface area contributed by atoms with Gasteiger partial charge in [-0.3, -0.25) is 4.55 Å². The molecule has 0 amide bonds. The van der Waals surface area contributed by atoms with Gasteiger partial charge in [0.1, 0.15) is 17.9 Å². The Labute approximate surface area is 213 Å². The molecule has 2 aromatic carbocycles. The zero-order valence-electron chi connectivity index (χ0n) is 20.2. The number of benzene rings is 2. The molecule has 4 rings (SSSR count). The molecule has 0 spiro atoms. The summed E-state index contributed by atoms with van der Waals surface area (Å²) < 4.78 is 58.5. The normalized spacial score (nSPS) is 11.5. The van der Waals surface area contributed by atoms with Gasteiger partial charge in [-0.15, -0.1) is 0 Å². The van der Waals surface area contributed by atoms with Crippen LogP contribution in [0.5, 0.6) is 11.6 Å². The van der Waals surface area contributed by atoms with Crippen LogP contribution >= 0.6 is 0 Å². The zero-order chi connectivity index (χ0) is 26.8. The number of anilines is 1. The summed E-state index contributed by atoms with van der Waals surface area (Å²) in [6.45, 7) is 2.48. The minimum Gasteiger partial charge on any atom is -0.489 e. The summed E-state index contributed by atoms with van der Waals surface area (Å²) >= 11 is 0. The zero-order valence-corrected chi connectivity index (χ0v) is 21.0. The van der Waals surface area contributed by atoms with E-state index in [0.717, 1.165) is 11.1 Å². The summed E-state index contributed by atoms with van der Waals surface area (Å²) in [5.74, 6) is 1.09. The van der Waals surface area contributed by atoms with E-state index in [4.69, 9.17) is 24.2 Å². The van der Waals surface area contributed by atoms with E-state index in [9.17, 15) is 12.8 Å². The second kappa shape index (κ2) is 12.8. The molecule has 196 valence electrons. The molecule has 12 heteroatoms. The number of rotatable bonds is 9. The summed E-state index contributed by atoms with van der Waals surface area (Å²) in [5, 5.41) is 3.10. The number of nitrogens with one attached hydrogen (secondary N) is 1. The van der Waals surface area contributed by atoms with Crippen LogP contribution in [0.1, 0.15) is 11.1 Å². The highest BCUT2D eigenvalue weighted by molar-refractivity contribution is 7.85. The van der Waals surface area contributed by atoms with Gasteiger partial charge in [0.15, 0.2) is 5.58 Å². The second-order valence-corrected chi connectivity index (χ2v) is 9.14. The summed E-state index contributed by atoms with van der Waals surface area (Å²) in [7, 11) is -2.45. The number of aromatic nitrogens is 2. The van der Waals surface area contributed by atoms with Gasteiger partial charge in [-0.05, 0) is 37.3 Å². The van der Waals surface area contributed by atoms with Crippen LogP contribution in [0, 0.1) is 6.92 Å². The van der Waals surface area contributed by atoms with Gasteiger partial charge in [0.25, 0.3) is 16.1 Å². The quantitative estimate of drug-likeness (QED) is 0.268. The molecule has 0 saturated carbocycles. The topological polar surface area (TPSA) is 150 Å². The highest BCUT2D eigenvalue weighted by atomic mass is 32.2. The Morgan fingerprint density at radius 3 is 2.62 bits per heavy atom. The minimum atomic E-state index is -4.02. The molecule has 37 heavy (non-hydrogen) atoms. The maximum atomic E-state index is 12.5. The van der Waals surface area contributed by atoms with Crippen molar-refractivity contribution in [3.63, 3.8) is 0 Å². The fraction of sp³-hybridized carbons (Fsp3) is 0.200. The molecule has 0 fully saturated rings. The maximum Gasteiger partial charge on any atom is 0.295 e. The van der Waals surface area contributed by atoms with Crippen molar-refractivity contribution in [2.45, 2.75) is 18.4 Å². The highest BCUT2D eigenvalue weighted by Crippen LogP contribution is 2.25. The number of methoxy groups -OCH3 is 1. The third-order valence-electron chi connectivity index (χ3n) is 4.99. The average Bonchev–Trinajstić information content (AvgIpc) is 3.30. The van der Waals surface area contributed by atoms with Crippen molar-refractivity contribution < 1.29 is 31.3 Å². The Kier molecular flexibility index (Phi) is 9.55. The number of oxazole rings is 1. The van der Waals surface area contributed by atoms with E-state index in [0.29, 0.717) is 47.2 Å². The minimum absolute atomic E-state index is 0.0666. The monoisotopic (exact) mass is 530 g/mol. The van der Waals surface area contributed by atoms with Crippen molar-refractivity contribution in [3.05, 3.63) is 83.8 Å². The fourth-order valence-corrected chi connectivity index (χ4v) is 3.48. The lowest BCUT2D eigenvalue weighted by atomic mass is 10.2. The van der Waals surface area contributed by atoms with E-state index in [1.165, 1.54) is 12.1 Å². The Hall–Kier alpha value is -4.00. The molecular formula is C25H27FN4O6S. The van der Waals surface area contributed by atoms with E-state index in [1.54, 1.807) is 43.6 Å². The number of ether oxygens (including phenoxy) is 2. The van der Waals surface area contributed by atoms with E-state index >= 15 is 0 Å². The van der Waals surface area contributed by atoms with E-state index < -0.39 is 10.1 Å². The van der Waals surface area contributed by atoms with Crippen LogP contribution in [-0.4, -0.2) is 43.2 Å². The Bertz CT molecular complexity index is 1460. The van der Waals surface area contributed by atoms with Crippen molar-refractivity contribution in [3.8, 4) is 11.6 Å². The number of nitrogens with zero attached hydrogens (tertiary/aromatic N) is 2. The fourth-order valence-electron chi connectivity index (χ4n) is 3.00. The molecule has 0 radical (unpaired) electrons. The summed E-state index contributed by atoms with van der Waals surface area (Å²) in [6.07, 6.45) is 2.12. The van der Waals surface area contributed by atoms with E-state index in [1.807, 2.05) is 19.1 Å². The van der Waals surface area contributed by atoms with Crippen LogP contribution in [-0.2, 0) is 16.7 Å². The van der Waals surface area contributed by atoms with Gasteiger partial charge in [0.2, 0.25) is 5.88 Å². The van der Waals surface area contributed by atoms with Crippen LogP contribution in [0.2, 0.25) is 0 Å². The first-order valence-electron chi connectivity index (χ1n) is 11.0. The molecule has 4 N–H and O–H groups in total. The molecule has 0 aliphatic heterocycles. The number of halogens is 1. The van der Waals surface area contributed by atoms with Crippen molar-refractivity contribution >= 4 is 27.2 Å². The first-order chi connectivity index (χ1) is 17.7. The maximum absolute atomic E-state index is 12.5. The van der Waals surface area contributed by atoms with Crippen molar-refractivity contribution in [1.29, 1.82) is 0 Å². The lowest BCUT2D eigenvalue weighted by Gasteiger charge is -2.06. The SMILES string of the molecule is COc1ncccc1CNc1nc2ccc(OC/C(=C\F)CN)cc2o1.Cc1ccc(S(=O)(=O)O)cc1. The lowest BCUT2D eigenvalue weighted by Crippen LogP contribution is -2.10. The molecular weight excluding hydrogens is 503 g/mol. The number of hydrogen-bond donors (Lipinski definition) is 3. The molecule has 10 nitrogen and oxygen atoms in total. The largest absolute Gasteiger partial charge is 0.489 e. The van der Waals surface area contributed by atoms with E-state index in [2.05, 4.69) is 15.3 Å². The predicted molar refractivity (Wildman–Crippen MR) is 137 cm³/mol. The van der Waals surface area contributed by atoms with Gasteiger partial charge < -0.3 is 24.9 Å². The van der Waals surface area contributed by atoms with Crippen LogP contribution in [0.25, 0.3) is 11.1 Å². The molecule has 2 aromatic heterocycles. The number of fused-ring (bicyclic) bond motifs is 1. The summed E-state index contributed by atoms with van der Waals surface area (Å²) in [5.41, 5.74) is 8.85. The smallest absolute Gasteiger partial charge is 0.295 e. The Balaban J connectivity index is 0.000000289. The number of hydrogen-bond acceptors (Lipinski definition) is 9. The van der Waals surface area contributed by atoms with Crippen LogP contribution in [0.15, 0.2) is 82.0 Å². The number of pyridine rings is 1. The Morgan fingerprint density at radius 2 is 1.97 bits per heavy atom. The molecule has 0 aliphatic carbocycles. The molecule has 0 bridgehead atoms. The lowest BCUT2D eigenvalue weighted by molar-refractivity contribution is 0.347. The van der Waals surface area contributed by atoms with E-state index in [-0.39, 0.29) is 18.0 Å². The van der Waals surface area contributed by atoms with Gasteiger partial charge in [-0.1, -0.05) is 23.8 Å². The highest BCUT2D eigenvalue weighted by Gasteiger charge is 2.10.